The lowest BCUT2D eigenvalue weighted by Crippen LogP contribution is -2.48. The average molecular weight is 465 g/mol. The van der Waals surface area contributed by atoms with Crippen LogP contribution >= 0.6 is 12.2 Å². The van der Waals surface area contributed by atoms with Crippen molar-refractivity contribution in [1.29, 1.82) is 0 Å². The van der Waals surface area contributed by atoms with Gasteiger partial charge in [0, 0.05) is 17.5 Å². The largest absolute Gasteiger partial charge is 0.497 e. The maximum Gasteiger partial charge on any atom is 0.257 e. The Morgan fingerprint density at radius 3 is 2.45 bits per heavy atom. The van der Waals surface area contributed by atoms with Crippen LogP contribution in [0.1, 0.15) is 24.3 Å². The normalized spacial score (nSPS) is 15.8. The van der Waals surface area contributed by atoms with Crippen molar-refractivity contribution in [2.75, 3.05) is 24.4 Å². The molecule has 1 amide bonds. The minimum Gasteiger partial charge on any atom is -0.497 e. The van der Waals surface area contributed by atoms with Crippen molar-refractivity contribution in [3.63, 3.8) is 0 Å². The monoisotopic (exact) mass is 464 g/mol. The van der Waals surface area contributed by atoms with E-state index in [4.69, 9.17) is 26.2 Å². The Bertz CT molecular complexity index is 1220. The molecule has 1 atom stereocenters. The molecule has 4 rings (SSSR count). The Hall–Kier alpha value is -3.85. The van der Waals surface area contributed by atoms with Gasteiger partial charge in [-0.2, -0.15) is 0 Å². The number of aromatic nitrogens is 1. The third-order valence-corrected chi connectivity index (χ3v) is 5.66. The highest BCUT2D eigenvalue weighted by Crippen LogP contribution is 2.35. The number of benzene rings is 2. The topological polar surface area (TPSA) is 88.9 Å². The molecule has 8 nitrogen and oxygen atoms in total. The van der Waals surface area contributed by atoms with Gasteiger partial charge in [0.1, 0.15) is 17.3 Å². The molecule has 0 unspecified atom stereocenters. The maximum absolute atomic E-state index is 13.5. The van der Waals surface area contributed by atoms with Crippen molar-refractivity contribution in [1.82, 2.24) is 10.5 Å². The highest BCUT2D eigenvalue weighted by molar-refractivity contribution is 7.80. The van der Waals surface area contributed by atoms with Crippen LogP contribution in [-0.4, -0.2) is 30.4 Å². The number of thiocarbonyl (C=S) groups is 1. The highest BCUT2D eigenvalue weighted by atomic mass is 32.1. The molecule has 0 spiro atoms. The van der Waals surface area contributed by atoms with Crippen molar-refractivity contribution >= 4 is 34.7 Å². The first kappa shape index (κ1) is 22.3. The fourth-order valence-electron chi connectivity index (χ4n) is 3.76. The van der Waals surface area contributed by atoms with Crippen molar-refractivity contribution in [3.8, 4) is 11.5 Å². The number of nitrogens with zero attached hydrogens (tertiary/aromatic N) is 2. The van der Waals surface area contributed by atoms with Gasteiger partial charge in [0.05, 0.1) is 25.8 Å². The second-order valence-electron chi connectivity index (χ2n) is 7.47. The van der Waals surface area contributed by atoms with E-state index in [0.717, 1.165) is 17.0 Å². The molecule has 1 aliphatic heterocycles. The molecule has 9 heteroatoms. The van der Waals surface area contributed by atoms with Gasteiger partial charge in [-0.25, -0.2) is 0 Å². The van der Waals surface area contributed by atoms with Crippen molar-refractivity contribution in [2.24, 2.45) is 0 Å². The van der Waals surface area contributed by atoms with Gasteiger partial charge in [-0.05, 0) is 68.0 Å². The molecular formula is C24H24N4O4S. The molecule has 0 fully saturated rings. The number of allylic oxidation sites excluding steroid dienone is 1. The van der Waals surface area contributed by atoms with E-state index in [1.165, 1.54) is 0 Å². The second kappa shape index (κ2) is 9.33. The molecule has 2 aromatic carbocycles. The van der Waals surface area contributed by atoms with Crippen LogP contribution in [0.4, 0.5) is 11.5 Å². The molecule has 2 N–H and O–H groups in total. The summed E-state index contributed by atoms with van der Waals surface area (Å²) in [6.45, 7) is 3.63. The number of amides is 1. The summed E-state index contributed by atoms with van der Waals surface area (Å²) in [4.78, 5) is 15.3. The van der Waals surface area contributed by atoms with Gasteiger partial charge >= 0.3 is 0 Å². The Morgan fingerprint density at radius 1 is 1.09 bits per heavy atom. The number of methoxy groups -OCH3 is 2. The fourth-order valence-corrected chi connectivity index (χ4v) is 4.12. The van der Waals surface area contributed by atoms with Crippen molar-refractivity contribution in [3.05, 3.63) is 77.2 Å². The van der Waals surface area contributed by atoms with Crippen LogP contribution in [-0.2, 0) is 4.79 Å². The molecule has 2 heterocycles. The van der Waals surface area contributed by atoms with Gasteiger partial charge in [0.2, 0.25) is 0 Å². The summed E-state index contributed by atoms with van der Waals surface area (Å²) in [5.41, 5.74) is 2.83. The van der Waals surface area contributed by atoms with Gasteiger partial charge in [0.15, 0.2) is 10.9 Å². The fraction of sp³-hybridized carbons (Fsp3) is 0.208. The molecule has 170 valence electrons. The Labute approximate surface area is 197 Å². The lowest BCUT2D eigenvalue weighted by Gasteiger charge is -2.38. The van der Waals surface area contributed by atoms with E-state index in [2.05, 4.69) is 15.8 Å². The number of rotatable bonds is 6. The standard InChI is InChI=1S/C24H24N4O4S/c1-14-12-20(27-32-14)25-23(29)21-15(2)28(17-8-10-18(30-3)11-9-17)24(33)26-22(21)16-6-5-7-19(13-16)31-4/h5-13,22H,1-4H3,(H,26,33)(H,25,27,29)/t22-/m0/s1. The summed E-state index contributed by atoms with van der Waals surface area (Å²) in [5.74, 6) is 2.03. The summed E-state index contributed by atoms with van der Waals surface area (Å²) < 4.78 is 15.7. The minimum absolute atomic E-state index is 0.317. The molecular weight excluding hydrogens is 440 g/mol. The second-order valence-corrected chi connectivity index (χ2v) is 7.86. The van der Waals surface area contributed by atoms with Crippen molar-refractivity contribution < 1.29 is 18.8 Å². The number of hydrogen-bond acceptors (Lipinski definition) is 6. The lowest BCUT2D eigenvalue weighted by atomic mass is 9.94. The number of nitrogens with one attached hydrogen (secondary N) is 2. The van der Waals surface area contributed by atoms with Crippen LogP contribution in [0.3, 0.4) is 0 Å². The maximum atomic E-state index is 13.5. The van der Waals surface area contributed by atoms with E-state index >= 15 is 0 Å². The molecule has 0 bridgehead atoms. The van der Waals surface area contributed by atoms with Crippen LogP contribution in [0.25, 0.3) is 0 Å². The highest BCUT2D eigenvalue weighted by Gasteiger charge is 2.35. The SMILES string of the molecule is COc1ccc(N2C(=S)N[C@@H](c3cccc(OC)c3)C(C(=O)Nc3cc(C)on3)=C2C)cc1. The molecule has 1 aromatic heterocycles. The summed E-state index contributed by atoms with van der Waals surface area (Å²) in [6.07, 6.45) is 0. The Morgan fingerprint density at radius 2 is 1.82 bits per heavy atom. The number of carbonyl (C=O) groups is 1. The van der Waals surface area contributed by atoms with E-state index in [-0.39, 0.29) is 5.91 Å². The Kier molecular flexibility index (Phi) is 6.32. The third kappa shape index (κ3) is 4.54. The van der Waals surface area contributed by atoms with Gasteiger partial charge in [-0.3, -0.25) is 9.69 Å². The summed E-state index contributed by atoms with van der Waals surface area (Å²) in [5, 5.41) is 10.5. The van der Waals surface area contributed by atoms with E-state index in [1.54, 1.807) is 27.2 Å². The van der Waals surface area contributed by atoms with Gasteiger partial charge in [0.25, 0.3) is 5.91 Å². The Balaban J connectivity index is 1.80. The molecule has 0 radical (unpaired) electrons. The van der Waals surface area contributed by atoms with Crippen LogP contribution in [0, 0.1) is 6.92 Å². The zero-order valence-corrected chi connectivity index (χ0v) is 19.5. The number of ether oxygens (including phenoxy) is 2. The minimum atomic E-state index is -0.491. The summed E-state index contributed by atoms with van der Waals surface area (Å²) in [6, 6.07) is 16.2. The lowest BCUT2D eigenvalue weighted by molar-refractivity contribution is -0.113. The van der Waals surface area contributed by atoms with Crippen molar-refractivity contribution in [2.45, 2.75) is 19.9 Å². The molecule has 33 heavy (non-hydrogen) atoms. The number of aryl methyl sites for hydroxylation is 1. The quantitative estimate of drug-likeness (QED) is 0.521. The predicted octanol–water partition coefficient (Wildman–Crippen LogP) is 4.35. The van der Waals surface area contributed by atoms with Crippen LogP contribution in [0.5, 0.6) is 11.5 Å². The number of hydrogen-bond donors (Lipinski definition) is 2. The molecule has 0 saturated heterocycles. The van der Waals surface area contributed by atoms with E-state index in [1.807, 2.05) is 60.4 Å². The predicted molar refractivity (Wildman–Crippen MR) is 130 cm³/mol. The molecule has 0 saturated carbocycles. The van der Waals surface area contributed by atoms with Gasteiger partial charge < -0.3 is 24.6 Å². The first-order valence-corrected chi connectivity index (χ1v) is 10.7. The first-order chi connectivity index (χ1) is 15.9. The summed E-state index contributed by atoms with van der Waals surface area (Å²) >= 11 is 5.72. The molecule has 0 aliphatic carbocycles. The average Bonchev–Trinajstić information content (AvgIpc) is 3.23. The number of carbonyl (C=O) groups excluding carboxylic acids is 1. The van der Waals surface area contributed by atoms with Gasteiger partial charge in [-0.1, -0.05) is 17.3 Å². The number of anilines is 2. The molecule has 3 aromatic rings. The van der Waals surface area contributed by atoms with E-state index in [9.17, 15) is 4.79 Å². The molecule has 1 aliphatic rings. The summed E-state index contributed by atoms with van der Waals surface area (Å²) in [7, 11) is 3.21. The van der Waals surface area contributed by atoms with Crippen LogP contribution < -0.4 is 25.0 Å². The van der Waals surface area contributed by atoms with E-state index in [0.29, 0.717) is 33.7 Å². The third-order valence-electron chi connectivity index (χ3n) is 5.36. The van der Waals surface area contributed by atoms with Crippen LogP contribution in [0.2, 0.25) is 0 Å². The zero-order valence-electron chi connectivity index (χ0n) is 18.7. The first-order valence-electron chi connectivity index (χ1n) is 10.3. The smallest absolute Gasteiger partial charge is 0.257 e. The van der Waals surface area contributed by atoms with Crippen LogP contribution in [0.15, 0.2) is 70.4 Å². The van der Waals surface area contributed by atoms with E-state index < -0.39 is 6.04 Å². The van der Waals surface area contributed by atoms with Gasteiger partial charge in [-0.15, -0.1) is 0 Å². The zero-order chi connectivity index (χ0) is 23.5.